The third-order valence-electron chi connectivity index (χ3n) is 5.82. The van der Waals surface area contributed by atoms with E-state index in [0.29, 0.717) is 37.3 Å². The molecule has 2 heterocycles. The summed E-state index contributed by atoms with van der Waals surface area (Å²) in [7, 11) is 0. The summed E-state index contributed by atoms with van der Waals surface area (Å²) >= 11 is 0. The first-order valence-corrected chi connectivity index (χ1v) is 10.4. The lowest BCUT2D eigenvalue weighted by atomic mass is 9.73. The van der Waals surface area contributed by atoms with E-state index in [4.69, 9.17) is 9.72 Å². The molecule has 2 aliphatic rings. The SMILES string of the molecule is CCN1CC(=O)N(CC)c2cnc(CC3CC(COc4ccc(F)cc4)C3)nc21. The summed E-state index contributed by atoms with van der Waals surface area (Å²) in [6.07, 6.45) is 4.81. The van der Waals surface area contributed by atoms with E-state index in [-0.39, 0.29) is 11.7 Å². The lowest BCUT2D eigenvalue weighted by Gasteiger charge is -2.36. The average molecular weight is 398 g/mol. The maximum absolute atomic E-state index is 12.9. The number of carbonyl (C=O) groups excluding carboxylic acids is 1. The number of hydrogen-bond acceptors (Lipinski definition) is 5. The van der Waals surface area contributed by atoms with Gasteiger partial charge in [-0.1, -0.05) is 0 Å². The second-order valence-electron chi connectivity index (χ2n) is 7.82. The molecule has 1 aromatic heterocycles. The topological polar surface area (TPSA) is 58.6 Å². The highest BCUT2D eigenvalue weighted by Crippen LogP contribution is 2.37. The van der Waals surface area contributed by atoms with Gasteiger partial charge in [0.2, 0.25) is 5.91 Å². The molecule has 1 aliphatic heterocycles. The average Bonchev–Trinajstić information content (AvgIpc) is 2.70. The number of amides is 1. The minimum atomic E-state index is -0.251. The normalized spacial score (nSPS) is 21.0. The van der Waals surface area contributed by atoms with E-state index in [1.165, 1.54) is 12.1 Å². The van der Waals surface area contributed by atoms with Crippen molar-refractivity contribution in [1.82, 2.24) is 9.97 Å². The minimum Gasteiger partial charge on any atom is -0.493 e. The first-order chi connectivity index (χ1) is 14.1. The number of rotatable bonds is 7. The van der Waals surface area contributed by atoms with E-state index in [2.05, 4.69) is 4.98 Å². The van der Waals surface area contributed by atoms with Crippen LogP contribution in [-0.4, -0.2) is 42.1 Å². The van der Waals surface area contributed by atoms with E-state index in [0.717, 1.165) is 43.1 Å². The highest BCUT2D eigenvalue weighted by molar-refractivity contribution is 6.02. The molecule has 1 aliphatic carbocycles. The minimum absolute atomic E-state index is 0.0983. The molecule has 0 unspecified atom stereocenters. The Morgan fingerprint density at radius 2 is 1.90 bits per heavy atom. The van der Waals surface area contributed by atoms with E-state index >= 15 is 0 Å². The number of aromatic nitrogens is 2. The summed E-state index contributed by atoms with van der Waals surface area (Å²) in [5.74, 6) is 3.34. The summed E-state index contributed by atoms with van der Waals surface area (Å²) in [6.45, 7) is 6.42. The van der Waals surface area contributed by atoms with Crippen molar-refractivity contribution in [1.29, 1.82) is 0 Å². The molecule has 4 rings (SSSR count). The Labute approximate surface area is 170 Å². The molecule has 1 aromatic carbocycles. The number of carbonyl (C=O) groups is 1. The number of hydrogen-bond donors (Lipinski definition) is 0. The van der Waals surface area contributed by atoms with Crippen LogP contribution in [0.1, 0.15) is 32.5 Å². The van der Waals surface area contributed by atoms with E-state index in [1.54, 1.807) is 23.2 Å². The summed E-state index contributed by atoms with van der Waals surface area (Å²) in [6, 6.07) is 6.16. The first kappa shape index (κ1) is 19.6. The Morgan fingerprint density at radius 1 is 1.14 bits per heavy atom. The van der Waals surface area contributed by atoms with Gasteiger partial charge in [0.25, 0.3) is 0 Å². The standard InChI is InChI=1S/C22H27FN4O2/c1-3-26-13-21(28)27(4-2)19-12-24-20(25-22(19)26)11-15-9-16(10-15)14-29-18-7-5-17(23)6-8-18/h5-8,12,15-16H,3-4,9-11,13-14H2,1-2H3. The monoisotopic (exact) mass is 398 g/mol. The van der Waals surface area contributed by atoms with Gasteiger partial charge in [-0.05, 0) is 62.8 Å². The number of benzene rings is 1. The number of ether oxygens (including phenoxy) is 1. The molecule has 0 N–H and O–H groups in total. The van der Waals surface area contributed by atoms with Gasteiger partial charge in [0.15, 0.2) is 5.82 Å². The molecule has 1 saturated carbocycles. The van der Waals surface area contributed by atoms with Gasteiger partial charge in [-0.2, -0.15) is 0 Å². The van der Waals surface area contributed by atoms with Crippen molar-refractivity contribution in [3.8, 4) is 5.75 Å². The van der Waals surface area contributed by atoms with Gasteiger partial charge in [-0.15, -0.1) is 0 Å². The van der Waals surface area contributed by atoms with E-state index in [1.807, 2.05) is 18.7 Å². The number of nitrogens with zero attached hydrogens (tertiary/aromatic N) is 4. The molecule has 6 nitrogen and oxygen atoms in total. The fourth-order valence-electron chi connectivity index (χ4n) is 4.17. The third-order valence-corrected chi connectivity index (χ3v) is 5.82. The molecular formula is C22H27FN4O2. The largest absolute Gasteiger partial charge is 0.493 e. The number of anilines is 2. The van der Waals surface area contributed by atoms with Crippen LogP contribution in [-0.2, 0) is 11.2 Å². The van der Waals surface area contributed by atoms with Gasteiger partial charge in [0.1, 0.15) is 23.1 Å². The van der Waals surface area contributed by atoms with Crippen LogP contribution in [0.15, 0.2) is 30.5 Å². The second-order valence-corrected chi connectivity index (χ2v) is 7.82. The second kappa shape index (κ2) is 8.35. The predicted octanol–water partition coefficient (Wildman–Crippen LogP) is 3.46. The molecule has 29 heavy (non-hydrogen) atoms. The Hall–Kier alpha value is -2.70. The predicted molar refractivity (Wildman–Crippen MR) is 110 cm³/mol. The molecular weight excluding hydrogens is 371 g/mol. The number of fused-ring (bicyclic) bond motifs is 1. The molecule has 0 spiro atoms. The van der Waals surface area contributed by atoms with Gasteiger partial charge < -0.3 is 14.5 Å². The molecule has 0 radical (unpaired) electrons. The van der Waals surface area contributed by atoms with Gasteiger partial charge in [-0.3, -0.25) is 4.79 Å². The van der Waals surface area contributed by atoms with Gasteiger partial charge in [0, 0.05) is 19.5 Å². The third kappa shape index (κ3) is 4.18. The molecule has 0 saturated heterocycles. The zero-order chi connectivity index (χ0) is 20.4. The lowest BCUT2D eigenvalue weighted by molar-refractivity contribution is -0.117. The van der Waals surface area contributed by atoms with Crippen LogP contribution in [0.5, 0.6) is 5.75 Å². The van der Waals surface area contributed by atoms with Crippen molar-refractivity contribution in [2.75, 3.05) is 36.0 Å². The number of likely N-dealkylation sites (N-methyl/N-ethyl adjacent to an activating group) is 2. The van der Waals surface area contributed by atoms with E-state index < -0.39 is 0 Å². The Bertz CT molecular complexity index is 868. The first-order valence-electron chi connectivity index (χ1n) is 10.4. The van der Waals surface area contributed by atoms with Crippen molar-refractivity contribution < 1.29 is 13.9 Å². The fraction of sp³-hybridized carbons (Fsp3) is 0.500. The van der Waals surface area contributed by atoms with Crippen LogP contribution in [0.2, 0.25) is 0 Å². The van der Waals surface area contributed by atoms with Crippen molar-refractivity contribution in [3.05, 3.63) is 42.1 Å². The smallest absolute Gasteiger partial charge is 0.246 e. The Balaban J connectivity index is 1.33. The Kier molecular flexibility index (Phi) is 5.65. The fourth-order valence-corrected chi connectivity index (χ4v) is 4.17. The van der Waals surface area contributed by atoms with Crippen LogP contribution >= 0.6 is 0 Å². The zero-order valence-corrected chi connectivity index (χ0v) is 17.0. The molecule has 1 fully saturated rings. The summed E-state index contributed by atoms with van der Waals surface area (Å²) in [5, 5.41) is 0. The van der Waals surface area contributed by atoms with Crippen molar-refractivity contribution in [2.45, 2.75) is 33.1 Å². The van der Waals surface area contributed by atoms with Crippen molar-refractivity contribution >= 4 is 17.4 Å². The molecule has 0 bridgehead atoms. The maximum Gasteiger partial charge on any atom is 0.246 e. The molecule has 154 valence electrons. The van der Waals surface area contributed by atoms with Crippen molar-refractivity contribution in [3.63, 3.8) is 0 Å². The molecule has 2 aromatic rings. The van der Waals surface area contributed by atoms with Crippen LogP contribution < -0.4 is 14.5 Å². The van der Waals surface area contributed by atoms with Crippen LogP contribution in [0, 0.1) is 17.7 Å². The zero-order valence-electron chi connectivity index (χ0n) is 17.0. The van der Waals surface area contributed by atoms with Gasteiger partial charge >= 0.3 is 0 Å². The number of halogens is 1. The van der Waals surface area contributed by atoms with Crippen LogP contribution in [0.25, 0.3) is 0 Å². The summed E-state index contributed by atoms with van der Waals surface area (Å²) in [4.78, 5) is 25.4. The summed E-state index contributed by atoms with van der Waals surface area (Å²) in [5.41, 5.74) is 0.813. The van der Waals surface area contributed by atoms with E-state index in [9.17, 15) is 9.18 Å². The lowest BCUT2D eigenvalue weighted by Crippen LogP contribution is -2.46. The van der Waals surface area contributed by atoms with Gasteiger partial charge in [0.05, 0.1) is 19.3 Å². The molecule has 1 amide bonds. The summed E-state index contributed by atoms with van der Waals surface area (Å²) < 4.78 is 18.7. The molecule has 0 atom stereocenters. The molecule has 7 heteroatoms. The highest BCUT2D eigenvalue weighted by atomic mass is 19.1. The van der Waals surface area contributed by atoms with Gasteiger partial charge in [-0.25, -0.2) is 14.4 Å². The van der Waals surface area contributed by atoms with Crippen molar-refractivity contribution in [2.24, 2.45) is 11.8 Å². The Morgan fingerprint density at radius 3 is 2.59 bits per heavy atom. The maximum atomic E-state index is 12.9. The van der Waals surface area contributed by atoms with Crippen LogP contribution in [0.3, 0.4) is 0 Å². The quantitative estimate of drug-likeness (QED) is 0.715. The highest BCUT2D eigenvalue weighted by Gasteiger charge is 2.32. The van der Waals surface area contributed by atoms with Crippen LogP contribution in [0.4, 0.5) is 15.9 Å².